The summed E-state index contributed by atoms with van der Waals surface area (Å²) >= 11 is 0. The Bertz CT molecular complexity index is 474. The molecule has 0 heterocycles. The standard InChI is InChI=1S/C15H23N3O3/c1-4-10(2)14(16)15(20)18-11-5-7-12(8-6-11)21-9-13(19)17-3/h5-8,10,14H,4,9,16H2,1-3H3,(H,17,19)(H,18,20). The van der Waals surface area contributed by atoms with Crippen molar-refractivity contribution in [3.8, 4) is 5.75 Å². The van der Waals surface area contributed by atoms with Gasteiger partial charge in [0.15, 0.2) is 6.61 Å². The van der Waals surface area contributed by atoms with E-state index in [2.05, 4.69) is 10.6 Å². The molecule has 0 radical (unpaired) electrons. The van der Waals surface area contributed by atoms with E-state index in [0.717, 1.165) is 6.42 Å². The van der Waals surface area contributed by atoms with Crippen LogP contribution < -0.4 is 21.1 Å². The minimum absolute atomic E-state index is 0.0406. The smallest absolute Gasteiger partial charge is 0.257 e. The Labute approximate surface area is 125 Å². The first kappa shape index (κ1) is 17.0. The molecular formula is C15H23N3O3. The molecule has 2 amide bonds. The van der Waals surface area contributed by atoms with E-state index < -0.39 is 6.04 Å². The highest BCUT2D eigenvalue weighted by Gasteiger charge is 2.19. The molecule has 2 atom stereocenters. The SMILES string of the molecule is CCC(C)C(N)C(=O)Nc1ccc(OCC(=O)NC)cc1. The van der Waals surface area contributed by atoms with Gasteiger partial charge in [0.25, 0.3) is 5.91 Å². The average Bonchev–Trinajstić information content (AvgIpc) is 2.52. The van der Waals surface area contributed by atoms with E-state index in [1.807, 2.05) is 13.8 Å². The predicted molar refractivity (Wildman–Crippen MR) is 82.1 cm³/mol. The zero-order chi connectivity index (χ0) is 15.8. The van der Waals surface area contributed by atoms with Crippen LogP contribution in [0.5, 0.6) is 5.75 Å². The van der Waals surface area contributed by atoms with Crippen LogP contribution in [0.1, 0.15) is 20.3 Å². The molecule has 6 heteroatoms. The number of hydrogen-bond acceptors (Lipinski definition) is 4. The molecule has 0 aliphatic rings. The number of nitrogens with one attached hydrogen (secondary N) is 2. The first-order valence-electron chi connectivity index (χ1n) is 6.97. The number of benzene rings is 1. The molecular weight excluding hydrogens is 270 g/mol. The minimum atomic E-state index is -0.529. The third-order valence-corrected chi connectivity index (χ3v) is 3.33. The third kappa shape index (κ3) is 5.43. The molecule has 0 spiro atoms. The fourth-order valence-corrected chi connectivity index (χ4v) is 1.59. The number of carbonyl (C=O) groups excluding carboxylic acids is 2. The maximum Gasteiger partial charge on any atom is 0.257 e. The normalized spacial score (nSPS) is 13.1. The van der Waals surface area contributed by atoms with Crippen LogP contribution in [0, 0.1) is 5.92 Å². The molecule has 21 heavy (non-hydrogen) atoms. The first-order chi connectivity index (χ1) is 9.97. The summed E-state index contributed by atoms with van der Waals surface area (Å²) in [5.74, 6) is 0.276. The van der Waals surface area contributed by atoms with Crippen LogP contribution in [-0.2, 0) is 9.59 Å². The molecule has 0 saturated heterocycles. The van der Waals surface area contributed by atoms with Gasteiger partial charge in [-0.25, -0.2) is 0 Å². The lowest BCUT2D eigenvalue weighted by Crippen LogP contribution is -2.40. The number of carbonyl (C=O) groups is 2. The molecule has 0 aliphatic heterocycles. The second-order valence-corrected chi connectivity index (χ2v) is 4.89. The van der Waals surface area contributed by atoms with Gasteiger partial charge in [0, 0.05) is 12.7 Å². The number of anilines is 1. The van der Waals surface area contributed by atoms with Gasteiger partial charge in [-0.1, -0.05) is 20.3 Å². The molecule has 2 unspecified atom stereocenters. The topological polar surface area (TPSA) is 93.5 Å². The number of nitrogens with two attached hydrogens (primary N) is 1. The number of amides is 2. The van der Waals surface area contributed by atoms with Gasteiger partial charge in [-0.2, -0.15) is 0 Å². The molecule has 0 aliphatic carbocycles. The molecule has 0 saturated carbocycles. The molecule has 0 fully saturated rings. The van der Waals surface area contributed by atoms with Crippen molar-refractivity contribution in [3.05, 3.63) is 24.3 Å². The predicted octanol–water partition coefficient (Wildman–Crippen LogP) is 1.12. The Hall–Kier alpha value is -2.08. The number of rotatable bonds is 7. The zero-order valence-corrected chi connectivity index (χ0v) is 12.7. The second kappa shape index (κ2) is 8.26. The Morgan fingerprint density at radius 3 is 2.43 bits per heavy atom. The summed E-state index contributed by atoms with van der Waals surface area (Å²) in [6, 6.07) is 6.26. The van der Waals surface area contributed by atoms with Gasteiger partial charge in [-0.3, -0.25) is 9.59 Å². The molecule has 116 valence electrons. The lowest BCUT2D eigenvalue weighted by molar-refractivity contribution is -0.122. The number of hydrogen-bond donors (Lipinski definition) is 3. The van der Waals surface area contributed by atoms with E-state index >= 15 is 0 Å². The summed E-state index contributed by atoms with van der Waals surface area (Å²) in [7, 11) is 1.55. The van der Waals surface area contributed by atoms with Gasteiger partial charge in [0.1, 0.15) is 5.75 Å². The van der Waals surface area contributed by atoms with E-state index in [1.165, 1.54) is 0 Å². The van der Waals surface area contributed by atoms with Gasteiger partial charge < -0.3 is 21.1 Å². The largest absolute Gasteiger partial charge is 0.484 e. The monoisotopic (exact) mass is 293 g/mol. The van der Waals surface area contributed by atoms with E-state index in [1.54, 1.807) is 31.3 Å². The minimum Gasteiger partial charge on any atom is -0.484 e. The zero-order valence-electron chi connectivity index (χ0n) is 12.7. The van der Waals surface area contributed by atoms with Crippen molar-refractivity contribution in [2.24, 2.45) is 11.7 Å². The van der Waals surface area contributed by atoms with Gasteiger partial charge in [-0.05, 0) is 30.2 Å². The van der Waals surface area contributed by atoms with Crippen molar-refractivity contribution < 1.29 is 14.3 Å². The van der Waals surface area contributed by atoms with Gasteiger partial charge in [-0.15, -0.1) is 0 Å². The lowest BCUT2D eigenvalue weighted by Gasteiger charge is -2.17. The van der Waals surface area contributed by atoms with Crippen LogP contribution in [0.15, 0.2) is 24.3 Å². The van der Waals surface area contributed by atoms with Crippen molar-refractivity contribution in [1.29, 1.82) is 0 Å². The summed E-state index contributed by atoms with van der Waals surface area (Å²) in [6.45, 7) is 3.90. The second-order valence-electron chi connectivity index (χ2n) is 4.89. The molecule has 1 rings (SSSR count). The van der Waals surface area contributed by atoms with Crippen LogP contribution in [0.3, 0.4) is 0 Å². The van der Waals surface area contributed by atoms with Crippen molar-refractivity contribution in [2.75, 3.05) is 19.0 Å². The lowest BCUT2D eigenvalue weighted by atomic mass is 9.99. The summed E-state index contributed by atoms with van der Waals surface area (Å²) in [5.41, 5.74) is 6.51. The molecule has 0 bridgehead atoms. The molecule has 0 aromatic heterocycles. The molecule has 1 aromatic rings. The van der Waals surface area contributed by atoms with Gasteiger partial charge in [0.05, 0.1) is 6.04 Å². The molecule has 1 aromatic carbocycles. The summed E-state index contributed by atoms with van der Waals surface area (Å²) < 4.78 is 5.27. The number of likely N-dealkylation sites (N-methyl/N-ethyl adjacent to an activating group) is 1. The van der Waals surface area contributed by atoms with Gasteiger partial charge >= 0.3 is 0 Å². The highest BCUT2D eigenvalue weighted by molar-refractivity contribution is 5.94. The highest BCUT2D eigenvalue weighted by Crippen LogP contribution is 2.16. The van der Waals surface area contributed by atoms with Crippen molar-refractivity contribution in [2.45, 2.75) is 26.3 Å². The molecule has 4 N–H and O–H groups in total. The van der Waals surface area contributed by atoms with Crippen molar-refractivity contribution in [3.63, 3.8) is 0 Å². The van der Waals surface area contributed by atoms with Crippen LogP contribution in [-0.4, -0.2) is 31.5 Å². The third-order valence-electron chi connectivity index (χ3n) is 3.33. The van der Waals surface area contributed by atoms with E-state index in [-0.39, 0.29) is 24.3 Å². The fraction of sp³-hybridized carbons (Fsp3) is 0.467. The maximum atomic E-state index is 11.9. The molecule has 6 nitrogen and oxygen atoms in total. The Balaban J connectivity index is 2.54. The fourth-order valence-electron chi connectivity index (χ4n) is 1.59. The Kier molecular flexibility index (Phi) is 6.68. The van der Waals surface area contributed by atoms with E-state index in [9.17, 15) is 9.59 Å². The Morgan fingerprint density at radius 1 is 1.29 bits per heavy atom. The highest BCUT2D eigenvalue weighted by atomic mass is 16.5. The Morgan fingerprint density at radius 2 is 1.90 bits per heavy atom. The van der Waals surface area contributed by atoms with Crippen LogP contribution >= 0.6 is 0 Å². The summed E-state index contributed by atoms with van der Waals surface area (Å²) in [6.07, 6.45) is 0.848. The van der Waals surface area contributed by atoms with Crippen molar-refractivity contribution in [1.82, 2.24) is 5.32 Å². The summed E-state index contributed by atoms with van der Waals surface area (Å²) in [4.78, 5) is 23.0. The van der Waals surface area contributed by atoms with E-state index in [4.69, 9.17) is 10.5 Å². The van der Waals surface area contributed by atoms with Crippen LogP contribution in [0.25, 0.3) is 0 Å². The number of ether oxygens (including phenoxy) is 1. The quantitative estimate of drug-likeness (QED) is 0.702. The van der Waals surface area contributed by atoms with Crippen LogP contribution in [0.4, 0.5) is 5.69 Å². The van der Waals surface area contributed by atoms with E-state index in [0.29, 0.717) is 11.4 Å². The van der Waals surface area contributed by atoms with Crippen molar-refractivity contribution >= 4 is 17.5 Å². The maximum absolute atomic E-state index is 11.9. The van der Waals surface area contributed by atoms with Crippen LogP contribution in [0.2, 0.25) is 0 Å². The summed E-state index contributed by atoms with van der Waals surface area (Å²) in [5, 5.41) is 5.23. The average molecular weight is 293 g/mol. The van der Waals surface area contributed by atoms with Gasteiger partial charge in [0.2, 0.25) is 5.91 Å². The first-order valence-corrected chi connectivity index (χ1v) is 6.97.